The fraction of sp³-hybridized carbons (Fsp3) is 0.476. The molecule has 0 aromatic heterocycles. The van der Waals surface area contributed by atoms with Crippen molar-refractivity contribution in [2.24, 2.45) is 11.8 Å². The number of likely N-dealkylation sites (tertiary alicyclic amines) is 1. The van der Waals surface area contributed by atoms with Crippen molar-refractivity contribution in [1.82, 2.24) is 4.90 Å². The summed E-state index contributed by atoms with van der Waals surface area (Å²) < 4.78 is 5.12. The molecule has 8 nitrogen and oxygen atoms in total. The van der Waals surface area contributed by atoms with Crippen molar-refractivity contribution in [3.63, 3.8) is 0 Å². The van der Waals surface area contributed by atoms with Gasteiger partial charge in [0.1, 0.15) is 6.07 Å². The molecular formula is C21H23N3O5. The molecule has 0 bridgehead atoms. The summed E-state index contributed by atoms with van der Waals surface area (Å²) in [5, 5.41) is 11.6. The molecule has 8 heteroatoms. The van der Waals surface area contributed by atoms with Crippen LogP contribution in [0.5, 0.6) is 0 Å². The minimum absolute atomic E-state index is 0.0326. The first kappa shape index (κ1) is 20.5. The Bertz CT molecular complexity index is 851. The number of hydrogen-bond donors (Lipinski definition) is 1. The Labute approximate surface area is 168 Å². The topological polar surface area (TPSA) is 117 Å². The second-order valence-electron chi connectivity index (χ2n) is 7.35. The maximum Gasteiger partial charge on any atom is 0.308 e. The van der Waals surface area contributed by atoms with E-state index >= 15 is 0 Å². The predicted octanol–water partition coefficient (Wildman–Crippen LogP) is 1.99. The number of carbonyl (C=O) groups is 4. The van der Waals surface area contributed by atoms with Crippen LogP contribution < -0.4 is 5.32 Å². The van der Waals surface area contributed by atoms with Crippen molar-refractivity contribution < 1.29 is 23.9 Å². The molecule has 1 aliphatic heterocycles. The lowest BCUT2D eigenvalue weighted by molar-refractivity contribution is -0.154. The van der Waals surface area contributed by atoms with Gasteiger partial charge >= 0.3 is 5.97 Å². The first-order valence-corrected chi connectivity index (χ1v) is 9.77. The third-order valence-corrected chi connectivity index (χ3v) is 5.45. The fourth-order valence-electron chi connectivity index (χ4n) is 3.89. The average Bonchev–Trinajstić information content (AvgIpc) is 2.97. The molecule has 0 spiro atoms. The third kappa shape index (κ3) is 4.45. The quantitative estimate of drug-likeness (QED) is 0.580. The second kappa shape index (κ2) is 8.86. The van der Waals surface area contributed by atoms with E-state index in [0.29, 0.717) is 11.3 Å². The van der Waals surface area contributed by atoms with E-state index in [-0.39, 0.29) is 36.6 Å². The first-order chi connectivity index (χ1) is 13.9. The summed E-state index contributed by atoms with van der Waals surface area (Å²) in [5.74, 6) is -2.15. The molecule has 0 unspecified atom stereocenters. The minimum atomic E-state index is -1.08. The summed E-state index contributed by atoms with van der Waals surface area (Å²) in [6.45, 7) is 1.39. The van der Waals surface area contributed by atoms with Gasteiger partial charge in [-0.3, -0.25) is 24.1 Å². The number of para-hydroxylation sites is 1. The highest BCUT2D eigenvalue weighted by molar-refractivity contribution is 6.05. The van der Waals surface area contributed by atoms with Gasteiger partial charge in [0, 0.05) is 6.54 Å². The lowest BCUT2D eigenvalue weighted by atomic mass is 9.81. The van der Waals surface area contributed by atoms with Crippen molar-refractivity contribution in [2.75, 3.05) is 11.9 Å². The third-order valence-electron chi connectivity index (χ3n) is 5.45. The monoisotopic (exact) mass is 397 g/mol. The number of anilines is 1. The molecular weight excluding hydrogens is 374 g/mol. The summed E-state index contributed by atoms with van der Waals surface area (Å²) in [7, 11) is 0. The summed E-state index contributed by atoms with van der Waals surface area (Å²) >= 11 is 0. The van der Waals surface area contributed by atoms with Gasteiger partial charge in [-0.2, -0.15) is 5.26 Å². The minimum Gasteiger partial charge on any atom is -0.452 e. The zero-order chi connectivity index (χ0) is 21.0. The van der Waals surface area contributed by atoms with Gasteiger partial charge < -0.3 is 10.1 Å². The molecule has 2 aliphatic rings. The Morgan fingerprint density at radius 1 is 1.21 bits per heavy atom. The van der Waals surface area contributed by atoms with Crippen molar-refractivity contribution in [3.05, 3.63) is 29.8 Å². The molecule has 1 saturated heterocycles. The van der Waals surface area contributed by atoms with E-state index in [1.807, 2.05) is 6.07 Å². The average molecular weight is 397 g/mol. The van der Waals surface area contributed by atoms with Gasteiger partial charge in [-0.15, -0.1) is 0 Å². The molecule has 1 heterocycles. The SMILES string of the molecule is C[C@H](OC(=O)CCN1C(=O)[C@H]2CCCC[C@@H]2C1=O)C(=O)Nc1ccccc1C#N. The normalized spacial score (nSPS) is 21.9. The molecule has 0 radical (unpaired) electrons. The van der Waals surface area contributed by atoms with E-state index in [1.165, 1.54) is 6.92 Å². The summed E-state index contributed by atoms with van der Waals surface area (Å²) in [4.78, 5) is 50.4. The van der Waals surface area contributed by atoms with Crippen LogP contribution in [0, 0.1) is 23.2 Å². The number of amides is 3. The van der Waals surface area contributed by atoms with Gasteiger partial charge in [0.05, 0.1) is 29.5 Å². The number of rotatable bonds is 6. The fourth-order valence-corrected chi connectivity index (χ4v) is 3.89. The Balaban J connectivity index is 1.50. The van der Waals surface area contributed by atoms with E-state index in [2.05, 4.69) is 5.32 Å². The lowest BCUT2D eigenvalue weighted by Gasteiger charge is -2.19. The number of imide groups is 1. The van der Waals surface area contributed by atoms with Crippen LogP contribution in [0.25, 0.3) is 0 Å². The molecule has 3 rings (SSSR count). The Hall–Kier alpha value is -3.21. The summed E-state index contributed by atoms with van der Waals surface area (Å²) in [6.07, 6.45) is 2.08. The number of nitrogens with one attached hydrogen (secondary N) is 1. The summed E-state index contributed by atoms with van der Waals surface area (Å²) in [5.41, 5.74) is 0.630. The van der Waals surface area contributed by atoms with Crippen molar-refractivity contribution in [3.8, 4) is 6.07 Å². The predicted molar refractivity (Wildman–Crippen MR) is 102 cm³/mol. The van der Waals surface area contributed by atoms with Crippen LogP contribution in [0.1, 0.15) is 44.6 Å². The van der Waals surface area contributed by atoms with Gasteiger partial charge in [-0.05, 0) is 31.9 Å². The van der Waals surface area contributed by atoms with Crippen LogP contribution >= 0.6 is 0 Å². The highest BCUT2D eigenvalue weighted by Gasteiger charge is 2.47. The molecule has 1 aromatic carbocycles. The largest absolute Gasteiger partial charge is 0.452 e. The number of ether oxygens (including phenoxy) is 1. The highest BCUT2D eigenvalue weighted by atomic mass is 16.5. The Kier molecular flexibility index (Phi) is 6.27. The van der Waals surface area contributed by atoms with Gasteiger partial charge in [-0.25, -0.2) is 0 Å². The molecule has 1 N–H and O–H groups in total. The van der Waals surface area contributed by atoms with E-state index < -0.39 is 18.0 Å². The van der Waals surface area contributed by atoms with Crippen LogP contribution in [0.4, 0.5) is 5.69 Å². The van der Waals surface area contributed by atoms with Gasteiger partial charge in [0.25, 0.3) is 5.91 Å². The Morgan fingerprint density at radius 3 is 2.45 bits per heavy atom. The molecule has 1 aliphatic carbocycles. The molecule has 1 saturated carbocycles. The molecule has 3 amide bonds. The van der Waals surface area contributed by atoms with E-state index in [9.17, 15) is 19.2 Å². The molecule has 152 valence electrons. The van der Waals surface area contributed by atoms with E-state index in [4.69, 9.17) is 10.00 Å². The smallest absolute Gasteiger partial charge is 0.308 e. The maximum absolute atomic E-state index is 12.4. The number of esters is 1. The number of hydrogen-bond acceptors (Lipinski definition) is 6. The zero-order valence-electron chi connectivity index (χ0n) is 16.2. The summed E-state index contributed by atoms with van der Waals surface area (Å²) in [6, 6.07) is 8.46. The number of fused-ring (bicyclic) bond motifs is 1. The standard InChI is InChI=1S/C21H23N3O5/c1-13(19(26)23-17-9-5-2-6-14(17)12-22)29-18(25)10-11-24-20(27)15-7-3-4-8-16(15)21(24)28/h2,5-6,9,13,15-16H,3-4,7-8,10-11H2,1H3,(H,23,26)/t13-,15-,16-/m0/s1. The molecule has 3 atom stereocenters. The first-order valence-electron chi connectivity index (χ1n) is 9.77. The highest BCUT2D eigenvalue weighted by Crippen LogP contribution is 2.37. The van der Waals surface area contributed by atoms with Crippen molar-refractivity contribution in [1.29, 1.82) is 5.26 Å². The van der Waals surface area contributed by atoms with Gasteiger partial charge in [0.2, 0.25) is 11.8 Å². The molecule has 29 heavy (non-hydrogen) atoms. The number of carbonyl (C=O) groups excluding carboxylic acids is 4. The van der Waals surface area contributed by atoms with Crippen molar-refractivity contribution >= 4 is 29.4 Å². The van der Waals surface area contributed by atoms with Gasteiger partial charge in [-0.1, -0.05) is 25.0 Å². The number of benzene rings is 1. The Morgan fingerprint density at radius 2 is 1.83 bits per heavy atom. The van der Waals surface area contributed by atoms with E-state index in [1.54, 1.807) is 24.3 Å². The number of nitrogens with zero attached hydrogens (tertiary/aromatic N) is 2. The molecule has 1 aromatic rings. The number of nitriles is 1. The lowest BCUT2D eigenvalue weighted by Crippen LogP contribution is -2.35. The maximum atomic E-state index is 12.4. The second-order valence-corrected chi connectivity index (χ2v) is 7.35. The van der Waals surface area contributed by atoms with Gasteiger partial charge in [0.15, 0.2) is 6.10 Å². The van der Waals surface area contributed by atoms with Crippen LogP contribution in [-0.2, 0) is 23.9 Å². The van der Waals surface area contributed by atoms with Crippen LogP contribution in [0.2, 0.25) is 0 Å². The van der Waals surface area contributed by atoms with Crippen LogP contribution in [0.15, 0.2) is 24.3 Å². The van der Waals surface area contributed by atoms with Crippen molar-refractivity contribution in [2.45, 2.75) is 45.1 Å². The van der Waals surface area contributed by atoms with Crippen LogP contribution in [0.3, 0.4) is 0 Å². The van der Waals surface area contributed by atoms with Crippen LogP contribution in [-0.4, -0.2) is 41.2 Å². The zero-order valence-corrected chi connectivity index (χ0v) is 16.2. The molecule has 2 fully saturated rings. The van der Waals surface area contributed by atoms with E-state index in [0.717, 1.165) is 30.6 Å².